The van der Waals surface area contributed by atoms with Gasteiger partial charge in [0.2, 0.25) is 0 Å². The average Bonchev–Trinajstić information content (AvgIpc) is 2.40. The number of rotatable bonds is 13. The fourth-order valence-corrected chi connectivity index (χ4v) is 2.33. The molecular formula is C16H35NO. The summed E-state index contributed by atoms with van der Waals surface area (Å²) < 4.78 is 0. The average molecular weight is 257 g/mol. The molecule has 2 nitrogen and oxygen atoms in total. The molecule has 0 bridgehead atoms. The monoisotopic (exact) mass is 257 g/mol. The highest BCUT2D eigenvalue weighted by Crippen LogP contribution is 2.17. The number of aliphatic hydroxyl groups excluding tert-OH is 1. The van der Waals surface area contributed by atoms with Crippen molar-refractivity contribution >= 4 is 0 Å². The second-order valence-electron chi connectivity index (χ2n) is 5.81. The lowest BCUT2D eigenvalue weighted by atomic mass is 9.91. The van der Waals surface area contributed by atoms with Crippen LogP contribution in [0.1, 0.15) is 90.9 Å². The number of hydrogen-bond acceptors (Lipinski definition) is 2. The molecule has 110 valence electrons. The first-order valence-corrected chi connectivity index (χ1v) is 8.08. The lowest BCUT2D eigenvalue weighted by molar-refractivity contribution is 0.179. The Morgan fingerprint density at radius 1 is 0.778 bits per heavy atom. The van der Waals surface area contributed by atoms with Gasteiger partial charge in [-0.3, -0.25) is 0 Å². The van der Waals surface area contributed by atoms with Gasteiger partial charge in [0.05, 0.1) is 6.61 Å². The van der Waals surface area contributed by atoms with Crippen LogP contribution >= 0.6 is 0 Å². The highest BCUT2D eigenvalue weighted by atomic mass is 16.3. The Kier molecular flexibility index (Phi) is 11.9. The molecule has 18 heavy (non-hydrogen) atoms. The maximum Gasteiger partial charge on any atom is 0.0611 e. The van der Waals surface area contributed by atoms with E-state index >= 15 is 0 Å². The van der Waals surface area contributed by atoms with Crippen molar-refractivity contribution in [3.05, 3.63) is 0 Å². The molecule has 0 fully saturated rings. The topological polar surface area (TPSA) is 46.2 Å². The maximum atomic E-state index is 9.20. The predicted octanol–water partition coefficient (Wildman–Crippen LogP) is 4.40. The van der Waals surface area contributed by atoms with Gasteiger partial charge in [0.1, 0.15) is 0 Å². The van der Waals surface area contributed by atoms with E-state index in [9.17, 15) is 5.11 Å². The molecule has 3 N–H and O–H groups in total. The molecule has 0 aromatic carbocycles. The van der Waals surface area contributed by atoms with Crippen LogP contribution in [0.4, 0.5) is 0 Å². The van der Waals surface area contributed by atoms with E-state index < -0.39 is 0 Å². The van der Waals surface area contributed by atoms with Crippen LogP contribution in [-0.4, -0.2) is 17.3 Å². The van der Waals surface area contributed by atoms with E-state index in [1.54, 1.807) is 0 Å². The molecule has 0 heterocycles. The smallest absolute Gasteiger partial charge is 0.0611 e. The quantitative estimate of drug-likeness (QED) is 0.480. The summed E-state index contributed by atoms with van der Waals surface area (Å²) >= 11 is 0. The van der Waals surface area contributed by atoms with Gasteiger partial charge >= 0.3 is 0 Å². The van der Waals surface area contributed by atoms with Crippen LogP contribution in [0.5, 0.6) is 0 Å². The standard InChI is InChI=1S/C16H35NO/c1-3-5-6-7-8-9-10-11-12-13-14-16(17,4-2)15-18/h18H,3-15,17H2,1-2H3. The summed E-state index contributed by atoms with van der Waals surface area (Å²) in [5, 5.41) is 9.20. The maximum absolute atomic E-state index is 9.20. The van der Waals surface area contributed by atoms with Crippen molar-refractivity contribution in [2.24, 2.45) is 5.73 Å². The summed E-state index contributed by atoms with van der Waals surface area (Å²) in [6.07, 6.45) is 15.4. The third-order valence-electron chi connectivity index (χ3n) is 4.05. The van der Waals surface area contributed by atoms with Crippen molar-refractivity contribution in [1.82, 2.24) is 0 Å². The van der Waals surface area contributed by atoms with E-state index in [0.717, 1.165) is 12.8 Å². The predicted molar refractivity (Wildman–Crippen MR) is 80.8 cm³/mol. The van der Waals surface area contributed by atoms with Crippen LogP contribution in [-0.2, 0) is 0 Å². The summed E-state index contributed by atoms with van der Waals surface area (Å²) in [5.41, 5.74) is 5.74. The molecule has 0 saturated heterocycles. The summed E-state index contributed by atoms with van der Waals surface area (Å²) in [6.45, 7) is 4.45. The van der Waals surface area contributed by atoms with Crippen LogP contribution in [0.25, 0.3) is 0 Å². The molecule has 0 aliphatic rings. The lowest BCUT2D eigenvalue weighted by Gasteiger charge is -2.25. The van der Waals surface area contributed by atoms with Crippen LogP contribution in [0, 0.1) is 0 Å². The fourth-order valence-electron chi connectivity index (χ4n) is 2.33. The zero-order valence-electron chi connectivity index (χ0n) is 12.7. The molecule has 1 unspecified atom stereocenters. The molecule has 2 heteroatoms. The molecule has 0 aromatic rings. The SMILES string of the molecule is CCCCCCCCCCCCC(N)(CC)CO. The van der Waals surface area contributed by atoms with Gasteiger partial charge in [-0.05, 0) is 12.8 Å². The Balaban J connectivity index is 3.21. The minimum Gasteiger partial charge on any atom is -0.394 e. The third kappa shape index (κ3) is 9.90. The van der Waals surface area contributed by atoms with E-state index in [2.05, 4.69) is 13.8 Å². The zero-order valence-corrected chi connectivity index (χ0v) is 12.7. The molecule has 1 atom stereocenters. The van der Waals surface area contributed by atoms with Crippen molar-refractivity contribution in [3.63, 3.8) is 0 Å². The van der Waals surface area contributed by atoms with Crippen molar-refractivity contribution in [2.45, 2.75) is 96.4 Å². The van der Waals surface area contributed by atoms with Crippen LogP contribution in [0.15, 0.2) is 0 Å². The van der Waals surface area contributed by atoms with E-state index in [0.29, 0.717) is 0 Å². The summed E-state index contributed by atoms with van der Waals surface area (Å²) in [5.74, 6) is 0. The Morgan fingerprint density at radius 3 is 1.61 bits per heavy atom. The molecular weight excluding hydrogens is 222 g/mol. The van der Waals surface area contributed by atoms with Gasteiger partial charge in [-0.2, -0.15) is 0 Å². The molecule has 0 amide bonds. The molecule has 0 saturated carbocycles. The molecule has 0 aliphatic heterocycles. The lowest BCUT2D eigenvalue weighted by Crippen LogP contribution is -2.42. The first-order valence-electron chi connectivity index (χ1n) is 8.08. The van der Waals surface area contributed by atoms with Crippen molar-refractivity contribution in [3.8, 4) is 0 Å². The number of hydrogen-bond donors (Lipinski definition) is 2. The zero-order chi connectivity index (χ0) is 13.7. The van der Waals surface area contributed by atoms with Gasteiger partial charge in [0.15, 0.2) is 0 Å². The number of nitrogens with two attached hydrogens (primary N) is 1. The van der Waals surface area contributed by atoms with Crippen molar-refractivity contribution in [1.29, 1.82) is 0 Å². The van der Waals surface area contributed by atoms with Crippen molar-refractivity contribution < 1.29 is 5.11 Å². The van der Waals surface area contributed by atoms with E-state index in [-0.39, 0.29) is 12.1 Å². The molecule has 0 radical (unpaired) electrons. The second-order valence-corrected chi connectivity index (χ2v) is 5.81. The van der Waals surface area contributed by atoms with Gasteiger partial charge < -0.3 is 10.8 Å². The summed E-state index contributed by atoms with van der Waals surface area (Å²) in [7, 11) is 0. The molecule has 0 spiro atoms. The largest absolute Gasteiger partial charge is 0.394 e. The highest BCUT2D eigenvalue weighted by Gasteiger charge is 2.20. The summed E-state index contributed by atoms with van der Waals surface area (Å²) in [6, 6.07) is 0. The van der Waals surface area contributed by atoms with E-state index in [1.807, 2.05) is 0 Å². The number of unbranched alkanes of at least 4 members (excludes halogenated alkanes) is 9. The molecule has 0 aliphatic carbocycles. The van der Waals surface area contributed by atoms with Crippen LogP contribution in [0.3, 0.4) is 0 Å². The minimum absolute atomic E-state index is 0.126. The van der Waals surface area contributed by atoms with E-state index in [4.69, 9.17) is 5.73 Å². The molecule has 0 rings (SSSR count). The number of aliphatic hydroxyl groups is 1. The van der Waals surface area contributed by atoms with Crippen molar-refractivity contribution in [2.75, 3.05) is 6.61 Å². The van der Waals surface area contributed by atoms with Crippen LogP contribution < -0.4 is 5.73 Å². The van der Waals surface area contributed by atoms with Crippen LogP contribution in [0.2, 0.25) is 0 Å². The minimum atomic E-state index is -0.319. The van der Waals surface area contributed by atoms with Gasteiger partial charge in [-0.1, -0.05) is 78.1 Å². The van der Waals surface area contributed by atoms with Gasteiger partial charge in [0.25, 0.3) is 0 Å². The first kappa shape index (κ1) is 17.9. The Bertz CT molecular complexity index is 166. The fraction of sp³-hybridized carbons (Fsp3) is 1.00. The Morgan fingerprint density at radius 2 is 1.22 bits per heavy atom. The Labute approximate surface area is 114 Å². The second kappa shape index (κ2) is 12.0. The Hall–Kier alpha value is -0.0800. The van der Waals surface area contributed by atoms with E-state index in [1.165, 1.54) is 64.2 Å². The highest BCUT2D eigenvalue weighted by molar-refractivity contribution is 4.81. The van der Waals surface area contributed by atoms with Gasteiger partial charge in [-0.15, -0.1) is 0 Å². The summed E-state index contributed by atoms with van der Waals surface area (Å²) in [4.78, 5) is 0. The normalized spacial score (nSPS) is 14.7. The van der Waals surface area contributed by atoms with Gasteiger partial charge in [0, 0.05) is 5.54 Å². The third-order valence-corrected chi connectivity index (χ3v) is 4.05. The molecule has 0 aromatic heterocycles. The first-order chi connectivity index (χ1) is 8.68. The van der Waals surface area contributed by atoms with Gasteiger partial charge in [-0.25, -0.2) is 0 Å².